The number of hydrogen-bond acceptors (Lipinski definition) is 18. The van der Waals surface area contributed by atoms with Gasteiger partial charge in [0.1, 0.15) is 6.10 Å². The van der Waals surface area contributed by atoms with E-state index >= 15 is 0 Å². The van der Waals surface area contributed by atoms with E-state index in [1.165, 1.54) is 0 Å². The third kappa shape index (κ3) is 25.1. The largest absolute Gasteiger partial charge is 2.00 e. The third-order valence-corrected chi connectivity index (χ3v) is 2.23. The first-order valence-electron chi connectivity index (χ1n) is 5.36. The molecule has 168 valence electrons. The summed E-state index contributed by atoms with van der Waals surface area (Å²) in [5.41, 5.74) is 0. The molecule has 0 radical (unpaired) electrons. The molecule has 2 atom stereocenters. The van der Waals surface area contributed by atoms with Gasteiger partial charge < -0.3 is 43.4 Å². The summed E-state index contributed by atoms with van der Waals surface area (Å²) in [6.07, 6.45) is -2.78. The minimum absolute atomic E-state index is 0. The molecule has 1 aliphatic heterocycles. The number of aliphatic hydroxyl groups excluding tert-OH is 4. The maximum absolute atomic E-state index is 10.5. The molecule has 0 fully saturated rings. The van der Waals surface area contributed by atoms with Crippen LogP contribution in [0.5, 0.6) is 0 Å². The monoisotopic (exact) mass is 566 g/mol. The Morgan fingerprint density at radius 1 is 0.933 bits per heavy atom. The van der Waals surface area contributed by atoms with E-state index in [1.807, 2.05) is 0 Å². The second-order valence-electron chi connectivity index (χ2n) is 3.67. The number of cyclic esters (lactones) is 1. The summed E-state index contributed by atoms with van der Waals surface area (Å²) in [6.45, 7) is -0.671. The molecular weight excluding hydrogens is 558 g/mol. The average Bonchev–Trinajstić information content (AvgIpc) is 2.70. The number of hydrogen-bond donors (Lipinski definition) is 4. The summed E-state index contributed by atoms with van der Waals surface area (Å²) in [7, 11) is -15.8. The Hall–Kier alpha value is 0.859. The van der Waals surface area contributed by atoms with Gasteiger partial charge in [-0.25, -0.2) is 21.6 Å². The van der Waals surface area contributed by atoms with E-state index in [2.05, 4.69) is 13.4 Å². The molecule has 0 aliphatic carbocycles. The molecule has 0 saturated carbocycles. The van der Waals surface area contributed by atoms with Crippen LogP contribution >= 0.6 is 0 Å². The molecule has 4 N–H and O–H groups in total. The summed E-state index contributed by atoms with van der Waals surface area (Å²) in [5.74, 6) is -2.78. The molecule has 0 aromatic carbocycles. The SMILES string of the molecule is O=C1O[C@H]([C@@H](O)CO)C(O)=C1O.O=S(=O)([O-])OOS(=O)(=O)[O-].O=S(=O)([O-])[O-].[Fe+2].[Na+].[Na+]. The van der Waals surface area contributed by atoms with E-state index in [0.717, 1.165) is 0 Å². The predicted octanol–water partition coefficient (Wildman–Crippen LogP) is -10.9. The van der Waals surface area contributed by atoms with E-state index in [0.29, 0.717) is 0 Å². The smallest absolute Gasteiger partial charge is 0.759 e. The molecule has 1 aliphatic rings. The van der Waals surface area contributed by atoms with Crippen LogP contribution in [-0.4, -0.2) is 88.7 Å². The second-order valence-corrected chi connectivity index (χ2v) is 6.39. The fourth-order valence-electron chi connectivity index (χ4n) is 0.891. The van der Waals surface area contributed by atoms with E-state index in [-0.39, 0.29) is 76.2 Å². The standard InChI is InChI=1S/C6H8O6.Fe.2Na.H2O8S2.H2O4S/c7-1-2(8)5-3(9)4(10)6(11)12-5;;;;1-9(2,3)7-8-10(4,5)6;1-5(2,3)4/h2,5,7-10H,1H2;;;;(H,1,2,3)(H,4,5,6);(H2,1,2,3,4)/q;+2;2*+1;;/p-4/t2-,5+;;;;;/m0...../s1. The minimum atomic E-state index is -5.31. The van der Waals surface area contributed by atoms with Gasteiger partial charge in [-0.1, -0.05) is 0 Å². The summed E-state index contributed by atoms with van der Waals surface area (Å²) < 4.78 is 99.8. The molecule has 24 heteroatoms. The van der Waals surface area contributed by atoms with E-state index in [9.17, 15) is 30.7 Å². The molecule has 0 spiro atoms. The topological polar surface area (TPSA) is 320 Å². The van der Waals surface area contributed by atoms with Crippen LogP contribution in [0.1, 0.15) is 0 Å². The molecular formula is C6H8FeNa2O18S3. The van der Waals surface area contributed by atoms with Crippen LogP contribution < -0.4 is 59.1 Å². The summed E-state index contributed by atoms with van der Waals surface area (Å²) >= 11 is 0. The molecule has 30 heavy (non-hydrogen) atoms. The zero-order valence-electron chi connectivity index (χ0n) is 14.4. The Morgan fingerprint density at radius 3 is 1.40 bits per heavy atom. The van der Waals surface area contributed by atoms with Gasteiger partial charge in [-0.3, -0.25) is 8.42 Å². The number of rotatable bonds is 5. The number of ether oxygens (including phenoxy) is 1. The normalized spacial score (nSPS) is 16.7. The zero-order valence-corrected chi connectivity index (χ0v) is 22.0. The number of carbonyl (C=O) groups is 1. The Balaban J connectivity index is -0.000000106. The molecule has 0 amide bonds. The van der Waals surface area contributed by atoms with Crippen LogP contribution in [0.25, 0.3) is 0 Å². The molecule has 0 bridgehead atoms. The van der Waals surface area contributed by atoms with Gasteiger partial charge in [0.05, 0.1) is 6.61 Å². The molecule has 0 aromatic heterocycles. The molecule has 1 heterocycles. The van der Waals surface area contributed by atoms with Gasteiger partial charge in [-0.15, -0.1) is 8.67 Å². The fourth-order valence-corrected chi connectivity index (χ4v) is 1.44. The van der Waals surface area contributed by atoms with Crippen molar-refractivity contribution >= 4 is 37.2 Å². The van der Waals surface area contributed by atoms with Crippen LogP contribution in [0.4, 0.5) is 0 Å². The van der Waals surface area contributed by atoms with Crippen molar-refractivity contribution in [3.8, 4) is 0 Å². The van der Waals surface area contributed by atoms with Gasteiger partial charge in [-0.05, 0) is 0 Å². The maximum Gasteiger partial charge on any atom is 2.00 e. The number of carbonyl (C=O) groups excluding carboxylic acids is 1. The van der Waals surface area contributed by atoms with Crippen molar-refractivity contribution in [2.24, 2.45) is 0 Å². The predicted molar refractivity (Wildman–Crippen MR) is 67.3 cm³/mol. The molecule has 0 saturated heterocycles. The van der Waals surface area contributed by atoms with Gasteiger partial charge in [0.15, 0.2) is 11.9 Å². The number of esters is 1. The minimum Gasteiger partial charge on any atom is -0.759 e. The first-order valence-corrected chi connectivity index (χ1v) is 9.36. The summed E-state index contributed by atoms with van der Waals surface area (Å²) in [4.78, 5) is 10.5. The van der Waals surface area contributed by atoms with Crippen LogP contribution in [0.15, 0.2) is 11.5 Å². The van der Waals surface area contributed by atoms with Crippen LogP contribution in [-0.2, 0) is 66.5 Å². The summed E-state index contributed by atoms with van der Waals surface area (Å²) in [5, 5.41) is 35.0. The zero-order chi connectivity index (χ0) is 22.2. The van der Waals surface area contributed by atoms with Crippen LogP contribution in [0.2, 0.25) is 0 Å². The Bertz CT molecular complexity index is 808. The maximum atomic E-state index is 10.5. The first kappa shape index (κ1) is 41.1. The van der Waals surface area contributed by atoms with E-state index in [1.54, 1.807) is 0 Å². The van der Waals surface area contributed by atoms with Crippen molar-refractivity contribution in [3.05, 3.63) is 11.5 Å². The Labute approximate surface area is 223 Å². The third-order valence-electron chi connectivity index (χ3n) is 1.67. The quantitative estimate of drug-likeness (QED) is 0.0599. The first-order chi connectivity index (χ1) is 11.8. The van der Waals surface area contributed by atoms with Crippen molar-refractivity contribution in [2.75, 3.05) is 6.61 Å². The molecule has 1 rings (SSSR count). The van der Waals surface area contributed by atoms with Crippen molar-refractivity contribution < 1.29 is 158 Å². The van der Waals surface area contributed by atoms with Crippen molar-refractivity contribution in [3.63, 3.8) is 0 Å². The molecule has 0 aromatic rings. The fraction of sp³-hybridized carbons (Fsp3) is 0.500. The van der Waals surface area contributed by atoms with Crippen molar-refractivity contribution in [2.45, 2.75) is 12.2 Å². The van der Waals surface area contributed by atoms with Gasteiger partial charge in [0.25, 0.3) is 0 Å². The van der Waals surface area contributed by atoms with Gasteiger partial charge >= 0.3 is 82.2 Å². The van der Waals surface area contributed by atoms with Crippen molar-refractivity contribution in [1.82, 2.24) is 0 Å². The molecule has 18 nitrogen and oxygen atoms in total. The van der Waals surface area contributed by atoms with Crippen molar-refractivity contribution in [1.29, 1.82) is 0 Å². The summed E-state index contributed by atoms with van der Waals surface area (Å²) in [6, 6.07) is 0. The van der Waals surface area contributed by atoms with Crippen LogP contribution in [0.3, 0.4) is 0 Å². The van der Waals surface area contributed by atoms with Gasteiger partial charge in [0, 0.05) is 10.4 Å². The average molecular weight is 566 g/mol. The van der Waals surface area contributed by atoms with Gasteiger partial charge in [-0.2, -0.15) is 0 Å². The number of aliphatic hydroxyl groups is 4. The van der Waals surface area contributed by atoms with Crippen LogP contribution in [0, 0.1) is 0 Å². The van der Waals surface area contributed by atoms with Gasteiger partial charge in [0.2, 0.25) is 26.6 Å². The Morgan fingerprint density at radius 2 is 1.23 bits per heavy atom. The Kier molecular flexibility index (Phi) is 23.8. The second kappa shape index (κ2) is 17.4. The van der Waals surface area contributed by atoms with E-state index < -0.39 is 67.5 Å². The van der Waals surface area contributed by atoms with E-state index in [4.69, 9.17) is 37.9 Å². The molecule has 0 unspecified atom stereocenters.